The molecule has 1 rings (SSSR count). The zero-order valence-electron chi connectivity index (χ0n) is 10.4. The maximum Gasteiger partial charge on any atom is 0.0762 e. The lowest BCUT2D eigenvalue weighted by molar-refractivity contribution is 0.199. The summed E-state index contributed by atoms with van der Waals surface area (Å²) in [7, 11) is 0. The van der Waals surface area contributed by atoms with Crippen LogP contribution in [0.5, 0.6) is 0 Å². The summed E-state index contributed by atoms with van der Waals surface area (Å²) in [5, 5.41) is 9.51. The molecule has 0 aromatic heterocycles. The average Bonchev–Trinajstić information content (AvgIpc) is 2.20. The Balaban J connectivity index is 3.06. The van der Waals surface area contributed by atoms with Crippen molar-refractivity contribution in [2.24, 2.45) is 0 Å². The van der Waals surface area contributed by atoms with Crippen molar-refractivity contribution in [3.05, 3.63) is 28.2 Å². The van der Waals surface area contributed by atoms with Gasteiger partial charge in [-0.15, -0.1) is 0 Å². The van der Waals surface area contributed by atoms with Gasteiger partial charge in [-0.05, 0) is 61.3 Å². The van der Waals surface area contributed by atoms with Crippen LogP contribution in [0.3, 0.4) is 0 Å². The van der Waals surface area contributed by atoms with Crippen LogP contribution in [0, 0.1) is 0 Å². The van der Waals surface area contributed by atoms with Crippen molar-refractivity contribution >= 4 is 21.6 Å². The fourth-order valence-corrected chi connectivity index (χ4v) is 2.45. The number of aliphatic hydroxyl groups is 1. The van der Waals surface area contributed by atoms with Crippen LogP contribution in [-0.4, -0.2) is 17.7 Å². The van der Waals surface area contributed by atoms with Gasteiger partial charge in [-0.2, -0.15) is 0 Å². The molecule has 16 heavy (non-hydrogen) atoms. The Morgan fingerprint density at radius 1 is 1.31 bits per heavy atom. The number of hydrogen-bond acceptors (Lipinski definition) is 2. The molecule has 0 saturated carbocycles. The number of hydrogen-bond donors (Lipinski definition) is 1. The Labute approximate surface area is 106 Å². The Bertz CT molecular complexity index is 350. The third kappa shape index (κ3) is 2.98. The van der Waals surface area contributed by atoms with Crippen LogP contribution in [0.2, 0.25) is 0 Å². The van der Waals surface area contributed by atoms with Gasteiger partial charge >= 0.3 is 0 Å². The molecule has 0 bridgehead atoms. The van der Waals surface area contributed by atoms with E-state index in [1.54, 1.807) is 6.92 Å². The maximum atomic E-state index is 9.51. The molecule has 1 N–H and O–H groups in total. The average molecular weight is 286 g/mol. The summed E-state index contributed by atoms with van der Waals surface area (Å²) in [6, 6.07) is 6.51. The molecular formula is C13H20BrNO. The third-order valence-corrected chi connectivity index (χ3v) is 3.36. The fraction of sp³-hybridized carbons (Fsp3) is 0.538. The highest BCUT2D eigenvalue weighted by Crippen LogP contribution is 2.30. The lowest BCUT2D eigenvalue weighted by atomic mass is 10.1. The first-order valence-corrected chi connectivity index (χ1v) is 6.50. The lowest BCUT2D eigenvalue weighted by Gasteiger charge is -2.29. The highest BCUT2D eigenvalue weighted by atomic mass is 79.9. The van der Waals surface area contributed by atoms with Crippen LogP contribution in [-0.2, 0) is 0 Å². The topological polar surface area (TPSA) is 23.5 Å². The number of anilines is 1. The molecule has 0 amide bonds. The maximum absolute atomic E-state index is 9.51. The second-order valence-electron chi connectivity index (χ2n) is 4.27. The Hall–Kier alpha value is -0.540. The molecule has 2 nitrogen and oxygen atoms in total. The molecule has 0 unspecified atom stereocenters. The van der Waals surface area contributed by atoms with E-state index in [0.29, 0.717) is 6.04 Å². The summed E-state index contributed by atoms with van der Waals surface area (Å²) in [6.07, 6.45) is -0.417. The van der Waals surface area contributed by atoms with Crippen LogP contribution < -0.4 is 4.90 Å². The van der Waals surface area contributed by atoms with E-state index in [1.807, 2.05) is 12.1 Å². The van der Waals surface area contributed by atoms with E-state index in [2.05, 4.69) is 47.7 Å². The number of nitrogens with zero attached hydrogens (tertiary/aromatic N) is 1. The fourth-order valence-electron chi connectivity index (χ4n) is 1.83. The normalized spacial score (nSPS) is 12.9. The van der Waals surface area contributed by atoms with Crippen LogP contribution in [0.15, 0.2) is 22.7 Å². The molecule has 3 heteroatoms. The first-order chi connectivity index (χ1) is 7.47. The second-order valence-corrected chi connectivity index (χ2v) is 5.12. The van der Waals surface area contributed by atoms with Crippen LogP contribution in [0.4, 0.5) is 5.69 Å². The number of rotatable bonds is 4. The van der Waals surface area contributed by atoms with E-state index in [1.165, 1.54) is 5.69 Å². The molecule has 0 spiro atoms. The highest BCUT2D eigenvalue weighted by molar-refractivity contribution is 9.10. The van der Waals surface area contributed by atoms with Crippen molar-refractivity contribution in [2.45, 2.75) is 39.8 Å². The molecule has 1 aromatic carbocycles. The van der Waals surface area contributed by atoms with Gasteiger partial charge in [0.1, 0.15) is 0 Å². The minimum absolute atomic E-state index is 0.417. The molecular weight excluding hydrogens is 266 g/mol. The van der Waals surface area contributed by atoms with Gasteiger partial charge in [0.15, 0.2) is 0 Å². The van der Waals surface area contributed by atoms with Gasteiger partial charge in [-0.3, -0.25) is 0 Å². The number of aliphatic hydroxyl groups excluding tert-OH is 1. The van der Waals surface area contributed by atoms with Crippen LogP contribution >= 0.6 is 15.9 Å². The van der Waals surface area contributed by atoms with Gasteiger partial charge in [-0.25, -0.2) is 0 Å². The van der Waals surface area contributed by atoms with Gasteiger partial charge in [0.25, 0.3) is 0 Å². The predicted molar refractivity (Wildman–Crippen MR) is 72.9 cm³/mol. The van der Waals surface area contributed by atoms with Gasteiger partial charge in [0.2, 0.25) is 0 Å². The Morgan fingerprint density at radius 3 is 2.31 bits per heavy atom. The summed E-state index contributed by atoms with van der Waals surface area (Å²) in [5.41, 5.74) is 2.12. The lowest BCUT2D eigenvalue weighted by Crippen LogP contribution is -2.30. The minimum Gasteiger partial charge on any atom is -0.389 e. The van der Waals surface area contributed by atoms with Crippen LogP contribution in [0.25, 0.3) is 0 Å². The van der Waals surface area contributed by atoms with Crippen molar-refractivity contribution < 1.29 is 5.11 Å². The standard InChI is InChI=1S/C13H20BrNO/c1-5-15(9(2)3)13-7-6-11(10(4)16)8-12(13)14/h6-10,16H,5H2,1-4H3/t10-/m0/s1. The van der Waals surface area contributed by atoms with Crippen molar-refractivity contribution in [2.75, 3.05) is 11.4 Å². The van der Waals surface area contributed by atoms with E-state index in [0.717, 1.165) is 16.6 Å². The van der Waals surface area contributed by atoms with Gasteiger partial charge in [0, 0.05) is 17.1 Å². The van der Waals surface area contributed by atoms with Gasteiger partial charge in [0.05, 0.1) is 11.8 Å². The van der Waals surface area contributed by atoms with Crippen molar-refractivity contribution in [1.82, 2.24) is 0 Å². The van der Waals surface area contributed by atoms with Gasteiger partial charge < -0.3 is 10.0 Å². The smallest absolute Gasteiger partial charge is 0.0762 e. The van der Waals surface area contributed by atoms with E-state index >= 15 is 0 Å². The first kappa shape index (κ1) is 13.5. The minimum atomic E-state index is -0.417. The third-order valence-electron chi connectivity index (χ3n) is 2.73. The van der Waals surface area contributed by atoms with Crippen molar-refractivity contribution in [3.63, 3.8) is 0 Å². The van der Waals surface area contributed by atoms with E-state index in [9.17, 15) is 5.11 Å². The SMILES string of the molecule is CCN(c1ccc([C@H](C)O)cc1Br)C(C)C. The highest BCUT2D eigenvalue weighted by Gasteiger charge is 2.12. The molecule has 0 aliphatic heterocycles. The number of benzene rings is 1. The summed E-state index contributed by atoms with van der Waals surface area (Å²) in [6.45, 7) is 9.26. The zero-order valence-corrected chi connectivity index (χ0v) is 12.0. The second kappa shape index (κ2) is 5.69. The van der Waals surface area contributed by atoms with E-state index < -0.39 is 6.10 Å². The molecule has 0 fully saturated rings. The summed E-state index contributed by atoms with van der Waals surface area (Å²) in [5.74, 6) is 0. The van der Waals surface area contributed by atoms with Crippen molar-refractivity contribution in [3.8, 4) is 0 Å². The van der Waals surface area contributed by atoms with Gasteiger partial charge in [-0.1, -0.05) is 6.07 Å². The zero-order chi connectivity index (χ0) is 12.3. The largest absolute Gasteiger partial charge is 0.389 e. The number of halogens is 1. The molecule has 0 aliphatic carbocycles. The molecule has 0 aliphatic rings. The van der Waals surface area contributed by atoms with E-state index in [4.69, 9.17) is 0 Å². The molecule has 0 saturated heterocycles. The molecule has 90 valence electrons. The molecule has 1 atom stereocenters. The quantitative estimate of drug-likeness (QED) is 0.911. The monoisotopic (exact) mass is 285 g/mol. The Morgan fingerprint density at radius 2 is 1.94 bits per heavy atom. The molecule has 1 aromatic rings. The van der Waals surface area contributed by atoms with Crippen molar-refractivity contribution in [1.29, 1.82) is 0 Å². The first-order valence-electron chi connectivity index (χ1n) is 5.71. The van der Waals surface area contributed by atoms with Crippen LogP contribution in [0.1, 0.15) is 39.4 Å². The Kier molecular flexibility index (Phi) is 4.81. The summed E-state index contributed by atoms with van der Waals surface area (Å²) in [4.78, 5) is 2.32. The predicted octanol–water partition coefficient (Wildman–Crippen LogP) is 3.74. The summed E-state index contributed by atoms with van der Waals surface area (Å²) < 4.78 is 1.04. The summed E-state index contributed by atoms with van der Waals surface area (Å²) >= 11 is 3.57. The molecule has 0 heterocycles. The molecule has 0 radical (unpaired) electrons. The van der Waals surface area contributed by atoms with E-state index in [-0.39, 0.29) is 0 Å².